The number of methoxy groups -OCH3 is 1. The van der Waals surface area contributed by atoms with E-state index in [1.807, 2.05) is 35.2 Å². The Balaban J connectivity index is 1.34. The van der Waals surface area contributed by atoms with Crippen LogP contribution in [0.2, 0.25) is 0 Å². The summed E-state index contributed by atoms with van der Waals surface area (Å²) in [4.78, 5) is 13.8. The average molecular weight is 438 g/mol. The Morgan fingerprint density at radius 2 is 2.13 bits per heavy atom. The van der Waals surface area contributed by atoms with Crippen LogP contribution in [-0.4, -0.2) is 50.1 Å². The van der Waals surface area contributed by atoms with Gasteiger partial charge in [0.1, 0.15) is 28.4 Å². The lowest BCUT2D eigenvalue weighted by Crippen LogP contribution is -2.34. The van der Waals surface area contributed by atoms with Gasteiger partial charge in [0.25, 0.3) is 0 Å². The number of anilines is 1. The highest BCUT2D eigenvalue weighted by Crippen LogP contribution is 2.49. The van der Waals surface area contributed by atoms with Crippen LogP contribution in [0.4, 0.5) is 5.82 Å². The maximum Gasteiger partial charge on any atom is 0.238 e. The smallest absolute Gasteiger partial charge is 0.238 e. The number of hydrazone groups is 1. The molecule has 5 rings (SSSR count). The standard InChI is InChI=1S/C22H27N7OS/c1-5-29-19(10-17(27-29)22(3)8-9-22)25-18-12-31-21(26-18)15-6-7-16(20(24-15)30-4)28-11-14(2)23-13-28/h6-7,11-13,19,25H,5,8-10H2,1-4H3. The zero-order valence-electron chi connectivity index (χ0n) is 18.3. The summed E-state index contributed by atoms with van der Waals surface area (Å²) in [5.74, 6) is 1.40. The Hall–Kier alpha value is -2.94. The van der Waals surface area contributed by atoms with Gasteiger partial charge in [0.05, 0.1) is 19.1 Å². The van der Waals surface area contributed by atoms with Crippen molar-refractivity contribution in [1.29, 1.82) is 0 Å². The molecular weight excluding hydrogens is 410 g/mol. The van der Waals surface area contributed by atoms with Gasteiger partial charge in [-0.05, 0) is 38.8 Å². The average Bonchev–Trinajstić information content (AvgIpc) is 3.16. The zero-order chi connectivity index (χ0) is 21.6. The van der Waals surface area contributed by atoms with Crippen molar-refractivity contribution in [1.82, 2.24) is 24.5 Å². The molecule has 0 saturated heterocycles. The first-order chi connectivity index (χ1) is 15.0. The number of aromatic nitrogens is 4. The first-order valence-corrected chi connectivity index (χ1v) is 11.5. The van der Waals surface area contributed by atoms with Crippen LogP contribution < -0.4 is 10.1 Å². The third kappa shape index (κ3) is 3.78. The highest BCUT2D eigenvalue weighted by Gasteiger charge is 2.46. The van der Waals surface area contributed by atoms with E-state index < -0.39 is 0 Å². The molecule has 2 aliphatic rings. The molecular formula is C22H27N7OS. The summed E-state index contributed by atoms with van der Waals surface area (Å²) in [7, 11) is 1.63. The number of thiazole rings is 1. The third-order valence-corrected chi connectivity index (χ3v) is 6.94. The lowest BCUT2D eigenvalue weighted by molar-refractivity contribution is 0.265. The normalized spacial score (nSPS) is 19.4. The molecule has 1 fully saturated rings. The van der Waals surface area contributed by atoms with Crippen molar-refractivity contribution < 1.29 is 4.74 Å². The molecule has 3 aromatic heterocycles. The van der Waals surface area contributed by atoms with Crippen molar-refractivity contribution in [2.45, 2.75) is 46.2 Å². The van der Waals surface area contributed by atoms with Crippen molar-refractivity contribution in [3.8, 4) is 22.3 Å². The van der Waals surface area contributed by atoms with E-state index in [0.29, 0.717) is 11.3 Å². The van der Waals surface area contributed by atoms with E-state index >= 15 is 0 Å². The third-order valence-electron chi connectivity index (χ3n) is 6.08. The van der Waals surface area contributed by atoms with E-state index in [1.165, 1.54) is 18.6 Å². The molecule has 1 atom stereocenters. The molecule has 0 bridgehead atoms. The summed E-state index contributed by atoms with van der Waals surface area (Å²) >= 11 is 1.57. The maximum absolute atomic E-state index is 5.54. The van der Waals surface area contributed by atoms with Gasteiger partial charge in [0.2, 0.25) is 5.88 Å². The second-order valence-electron chi connectivity index (χ2n) is 8.41. The maximum atomic E-state index is 5.54. The zero-order valence-corrected chi connectivity index (χ0v) is 19.1. The van der Waals surface area contributed by atoms with Gasteiger partial charge in [-0.2, -0.15) is 5.10 Å². The molecule has 0 radical (unpaired) electrons. The molecule has 1 saturated carbocycles. The molecule has 1 aliphatic carbocycles. The van der Waals surface area contributed by atoms with E-state index in [2.05, 4.69) is 29.2 Å². The molecule has 0 aromatic carbocycles. The monoisotopic (exact) mass is 437 g/mol. The quantitative estimate of drug-likeness (QED) is 0.593. The predicted octanol–water partition coefficient (Wildman–Crippen LogP) is 4.33. The Kier molecular flexibility index (Phi) is 4.92. The number of nitrogens with zero attached hydrogens (tertiary/aromatic N) is 6. The Bertz CT molecular complexity index is 1130. The summed E-state index contributed by atoms with van der Waals surface area (Å²) in [5, 5.41) is 13.5. The second-order valence-corrected chi connectivity index (χ2v) is 9.27. The van der Waals surface area contributed by atoms with E-state index in [9.17, 15) is 0 Å². The summed E-state index contributed by atoms with van der Waals surface area (Å²) in [5.41, 5.74) is 4.21. The Morgan fingerprint density at radius 3 is 2.81 bits per heavy atom. The molecule has 1 aliphatic heterocycles. The number of ether oxygens (including phenoxy) is 1. The van der Waals surface area contributed by atoms with E-state index in [4.69, 9.17) is 19.8 Å². The fourth-order valence-electron chi connectivity index (χ4n) is 3.89. The van der Waals surface area contributed by atoms with Crippen molar-refractivity contribution >= 4 is 22.9 Å². The summed E-state index contributed by atoms with van der Waals surface area (Å²) in [6, 6.07) is 3.96. The fraction of sp³-hybridized carbons (Fsp3) is 0.455. The number of hydrogen-bond donors (Lipinski definition) is 1. The topological polar surface area (TPSA) is 80.5 Å². The molecule has 1 N–H and O–H groups in total. The SMILES string of the molecule is CCN1N=C(C2(C)CC2)CC1Nc1csc(-c2ccc(-n3cnc(C)c3)c(OC)n2)n1. The molecule has 0 amide bonds. The minimum absolute atomic E-state index is 0.154. The summed E-state index contributed by atoms with van der Waals surface area (Å²) in [6.07, 6.45) is 7.31. The van der Waals surface area contributed by atoms with Gasteiger partial charge < -0.3 is 14.6 Å². The number of imidazole rings is 1. The van der Waals surface area contributed by atoms with Crippen LogP contribution in [0, 0.1) is 12.3 Å². The van der Waals surface area contributed by atoms with Gasteiger partial charge >= 0.3 is 0 Å². The van der Waals surface area contributed by atoms with Crippen molar-refractivity contribution in [2.24, 2.45) is 10.5 Å². The number of nitrogens with one attached hydrogen (secondary N) is 1. The molecule has 9 heteroatoms. The highest BCUT2D eigenvalue weighted by molar-refractivity contribution is 7.13. The number of pyridine rings is 1. The molecule has 8 nitrogen and oxygen atoms in total. The Labute approximate surface area is 186 Å². The fourth-order valence-corrected chi connectivity index (χ4v) is 4.62. The van der Waals surface area contributed by atoms with Crippen molar-refractivity contribution in [3.63, 3.8) is 0 Å². The molecule has 162 valence electrons. The number of hydrogen-bond acceptors (Lipinski definition) is 8. The second kappa shape index (κ2) is 7.64. The van der Waals surface area contributed by atoms with Crippen LogP contribution in [-0.2, 0) is 0 Å². The molecule has 4 heterocycles. The van der Waals surface area contributed by atoms with Crippen LogP contribution in [0.25, 0.3) is 16.4 Å². The lowest BCUT2D eigenvalue weighted by Gasteiger charge is -2.22. The van der Waals surface area contributed by atoms with Crippen molar-refractivity contribution in [3.05, 3.63) is 35.7 Å². The van der Waals surface area contributed by atoms with E-state index in [0.717, 1.165) is 40.9 Å². The van der Waals surface area contributed by atoms with Crippen LogP contribution >= 0.6 is 11.3 Å². The minimum atomic E-state index is 0.154. The lowest BCUT2D eigenvalue weighted by atomic mass is 10.00. The first-order valence-electron chi connectivity index (χ1n) is 10.6. The van der Waals surface area contributed by atoms with Gasteiger partial charge in [-0.15, -0.1) is 11.3 Å². The largest absolute Gasteiger partial charge is 0.479 e. The van der Waals surface area contributed by atoms with Gasteiger partial charge in [-0.1, -0.05) is 6.92 Å². The first kappa shape index (κ1) is 20.0. The van der Waals surface area contributed by atoms with Gasteiger partial charge in [0.15, 0.2) is 0 Å². The molecule has 3 aromatic rings. The molecule has 0 spiro atoms. The summed E-state index contributed by atoms with van der Waals surface area (Å²) in [6.45, 7) is 7.29. The van der Waals surface area contributed by atoms with Gasteiger partial charge in [0, 0.05) is 35.7 Å². The number of aryl methyl sites for hydroxylation is 1. The molecule has 1 unspecified atom stereocenters. The van der Waals surface area contributed by atoms with Crippen LogP contribution in [0.1, 0.15) is 38.8 Å². The number of rotatable bonds is 7. The van der Waals surface area contributed by atoms with Crippen molar-refractivity contribution in [2.75, 3.05) is 19.0 Å². The van der Waals surface area contributed by atoms with E-state index in [1.54, 1.807) is 24.8 Å². The van der Waals surface area contributed by atoms with Crippen LogP contribution in [0.5, 0.6) is 5.88 Å². The van der Waals surface area contributed by atoms with Gasteiger partial charge in [-0.3, -0.25) is 5.01 Å². The summed E-state index contributed by atoms with van der Waals surface area (Å²) < 4.78 is 7.46. The highest BCUT2D eigenvalue weighted by atomic mass is 32.1. The predicted molar refractivity (Wildman–Crippen MR) is 123 cm³/mol. The molecule has 31 heavy (non-hydrogen) atoms. The van der Waals surface area contributed by atoms with Crippen LogP contribution in [0.15, 0.2) is 35.1 Å². The van der Waals surface area contributed by atoms with Crippen LogP contribution in [0.3, 0.4) is 0 Å². The Morgan fingerprint density at radius 1 is 1.29 bits per heavy atom. The minimum Gasteiger partial charge on any atom is -0.479 e. The van der Waals surface area contributed by atoms with E-state index in [-0.39, 0.29) is 6.17 Å². The van der Waals surface area contributed by atoms with Gasteiger partial charge in [-0.25, -0.2) is 15.0 Å².